The first kappa shape index (κ1) is 26.0. The Bertz CT molecular complexity index is 1520. The van der Waals surface area contributed by atoms with E-state index < -0.39 is 34.9 Å². The topological polar surface area (TPSA) is 128 Å². The van der Waals surface area contributed by atoms with Crippen LogP contribution in [0.5, 0.6) is 0 Å². The van der Waals surface area contributed by atoms with Gasteiger partial charge in [0.25, 0.3) is 11.8 Å². The van der Waals surface area contributed by atoms with E-state index in [2.05, 4.69) is 19.9 Å². The fraction of sp³-hybridized carbons (Fsp3) is 0.462. The van der Waals surface area contributed by atoms with Crippen LogP contribution in [0.25, 0.3) is 11.0 Å². The third kappa shape index (κ3) is 5.06. The average Bonchev–Trinajstić information content (AvgIpc) is 3.47. The van der Waals surface area contributed by atoms with Gasteiger partial charge in [-0.1, -0.05) is 0 Å². The lowest BCUT2D eigenvalue weighted by Crippen LogP contribution is -2.56. The van der Waals surface area contributed by atoms with E-state index in [-0.39, 0.29) is 29.6 Å². The molecular weight excluding hydrogens is 532 g/mol. The second-order valence-electron chi connectivity index (χ2n) is 10.6. The standard InChI is InChI=1S/C26H29F2N5O5S/c27-26(28)15-33(16-26)23-22-17(3-12-38-22)13-20(30-23)24(35)31-19-2-1-18(39(36,37)29-8-11-34)14-21(19)32-9-6-25(4-5-25)7-10-32/h1-3,12-14,29,34H,4-11,15-16H2,(H,31,35). The third-order valence-corrected chi connectivity index (χ3v) is 9.31. The summed E-state index contributed by atoms with van der Waals surface area (Å²) in [5.41, 5.74) is 1.73. The van der Waals surface area contributed by atoms with Crippen LogP contribution in [-0.4, -0.2) is 69.7 Å². The number of sulfonamides is 1. The third-order valence-electron chi connectivity index (χ3n) is 7.85. The summed E-state index contributed by atoms with van der Waals surface area (Å²) in [5.74, 6) is -3.21. The van der Waals surface area contributed by atoms with Crippen molar-refractivity contribution in [3.8, 4) is 0 Å². The Labute approximate surface area is 224 Å². The van der Waals surface area contributed by atoms with E-state index in [1.165, 1.54) is 48.3 Å². The first-order valence-corrected chi connectivity index (χ1v) is 14.4. The minimum absolute atomic E-state index is 0.0228. The van der Waals surface area contributed by atoms with E-state index in [1.807, 2.05) is 0 Å². The fourth-order valence-electron chi connectivity index (χ4n) is 5.35. The predicted octanol–water partition coefficient (Wildman–Crippen LogP) is 3.19. The maximum atomic E-state index is 13.6. The highest BCUT2D eigenvalue weighted by Crippen LogP contribution is 2.54. The van der Waals surface area contributed by atoms with Crippen molar-refractivity contribution in [3.05, 3.63) is 42.3 Å². The number of carbonyl (C=O) groups is 1. The first-order valence-electron chi connectivity index (χ1n) is 12.9. The van der Waals surface area contributed by atoms with Gasteiger partial charge in [0.05, 0.1) is 42.2 Å². The number of benzene rings is 1. The molecule has 10 nitrogen and oxygen atoms in total. The molecule has 0 unspecified atom stereocenters. The molecule has 39 heavy (non-hydrogen) atoms. The summed E-state index contributed by atoms with van der Waals surface area (Å²) in [4.78, 5) is 21.2. The molecule has 1 spiro atoms. The number of rotatable bonds is 8. The Morgan fingerprint density at radius 3 is 2.49 bits per heavy atom. The Kier molecular flexibility index (Phi) is 6.27. The minimum atomic E-state index is -3.87. The van der Waals surface area contributed by atoms with E-state index >= 15 is 0 Å². The van der Waals surface area contributed by atoms with Gasteiger partial charge in [-0.2, -0.15) is 0 Å². The van der Waals surface area contributed by atoms with Crippen LogP contribution in [0.4, 0.5) is 26.0 Å². The van der Waals surface area contributed by atoms with Gasteiger partial charge in [0, 0.05) is 25.0 Å². The molecule has 3 fully saturated rings. The zero-order valence-electron chi connectivity index (χ0n) is 21.1. The van der Waals surface area contributed by atoms with Crippen LogP contribution in [-0.2, 0) is 10.0 Å². The monoisotopic (exact) mass is 561 g/mol. The maximum absolute atomic E-state index is 13.6. The number of alkyl halides is 2. The van der Waals surface area contributed by atoms with Crippen LogP contribution in [0, 0.1) is 5.41 Å². The second kappa shape index (κ2) is 9.42. The van der Waals surface area contributed by atoms with Crippen LogP contribution in [0.15, 0.2) is 45.9 Å². The van der Waals surface area contributed by atoms with Gasteiger partial charge in [0.15, 0.2) is 11.4 Å². The molecule has 208 valence electrons. The molecule has 0 radical (unpaired) electrons. The van der Waals surface area contributed by atoms with Crippen molar-refractivity contribution in [1.82, 2.24) is 9.71 Å². The van der Waals surface area contributed by atoms with Gasteiger partial charge in [-0.3, -0.25) is 4.79 Å². The molecule has 2 aliphatic heterocycles. The number of hydrogen-bond donors (Lipinski definition) is 3. The van der Waals surface area contributed by atoms with Crippen molar-refractivity contribution in [1.29, 1.82) is 0 Å². The van der Waals surface area contributed by atoms with Crippen LogP contribution in [0.1, 0.15) is 36.2 Å². The normalized spacial score (nSPS) is 19.8. The molecule has 2 aromatic heterocycles. The molecule has 0 atom stereocenters. The smallest absolute Gasteiger partial charge is 0.282 e. The number of nitrogens with one attached hydrogen (secondary N) is 2. The Hall–Kier alpha value is -3.29. The molecule has 3 N–H and O–H groups in total. The van der Waals surface area contributed by atoms with Crippen molar-refractivity contribution >= 4 is 44.1 Å². The summed E-state index contributed by atoms with van der Waals surface area (Å²) in [6, 6.07) is 7.63. The van der Waals surface area contributed by atoms with E-state index in [9.17, 15) is 22.0 Å². The van der Waals surface area contributed by atoms with E-state index in [1.54, 1.807) is 6.07 Å². The zero-order chi connectivity index (χ0) is 27.4. The Morgan fingerprint density at radius 2 is 1.82 bits per heavy atom. The summed E-state index contributed by atoms with van der Waals surface area (Å²) < 4.78 is 60.5. The van der Waals surface area contributed by atoms with Crippen molar-refractivity contribution < 1.29 is 31.5 Å². The molecular formula is C26H29F2N5O5S. The fourth-order valence-corrected chi connectivity index (χ4v) is 6.39. The highest BCUT2D eigenvalue weighted by molar-refractivity contribution is 7.89. The number of amides is 1. The number of hydrogen-bond acceptors (Lipinski definition) is 8. The number of nitrogens with zero attached hydrogens (tertiary/aromatic N) is 3. The summed E-state index contributed by atoms with van der Waals surface area (Å²) in [7, 11) is -3.87. The molecule has 4 heterocycles. The molecule has 13 heteroatoms. The molecule has 2 saturated heterocycles. The summed E-state index contributed by atoms with van der Waals surface area (Å²) in [5, 5.41) is 12.5. The van der Waals surface area contributed by atoms with Crippen molar-refractivity contribution in [2.75, 3.05) is 54.4 Å². The lowest BCUT2D eigenvalue weighted by molar-refractivity contribution is -0.0266. The first-order chi connectivity index (χ1) is 18.6. The van der Waals surface area contributed by atoms with Gasteiger partial charge in [-0.15, -0.1) is 0 Å². The summed E-state index contributed by atoms with van der Waals surface area (Å²) >= 11 is 0. The van der Waals surface area contributed by atoms with E-state index in [0.717, 1.165) is 25.9 Å². The zero-order valence-corrected chi connectivity index (χ0v) is 21.9. The lowest BCUT2D eigenvalue weighted by Gasteiger charge is -2.39. The number of aromatic nitrogens is 1. The average molecular weight is 562 g/mol. The van der Waals surface area contributed by atoms with Crippen LogP contribution in [0.3, 0.4) is 0 Å². The Balaban J connectivity index is 1.31. The number of anilines is 3. The number of halogens is 2. The number of carbonyl (C=O) groups excluding carboxylic acids is 1. The van der Waals surface area contributed by atoms with Crippen LogP contribution >= 0.6 is 0 Å². The summed E-state index contributed by atoms with van der Waals surface area (Å²) in [6.45, 7) is -0.0231. The van der Waals surface area contributed by atoms with E-state index in [4.69, 9.17) is 9.52 Å². The Morgan fingerprint density at radius 1 is 1.08 bits per heavy atom. The van der Waals surface area contributed by atoms with Crippen molar-refractivity contribution in [2.45, 2.75) is 36.5 Å². The molecule has 1 aliphatic carbocycles. The molecule has 3 aliphatic rings. The molecule has 6 rings (SSSR count). The van der Waals surface area contributed by atoms with Gasteiger partial charge in [0.2, 0.25) is 10.0 Å². The highest BCUT2D eigenvalue weighted by atomic mass is 32.2. The molecule has 1 saturated carbocycles. The minimum Gasteiger partial charge on any atom is -0.460 e. The number of aliphatic hydroxyl groups is 1. The van der Waals surface area contributed by atoms with Gasteiger partial charge >= 0.3 is 0 Å². The van der Waals surface area contributed by atoms with Crippen molar-refractivity contribution in [2.24, 2.45) is 5.41 Å². The molecule has 1 amide bonds. The van der Waals surface area contributed by atoms with E-state index in [0.29, 0.717) is 27.8 Å². The SMILES string of the molecule is O=C(Nc1ccc(S(=O)(=O)NCCO)cc1N1CCC2(CC1)CC2)c1cc2ccoc2c(N2CC(F)(F)C2)n1. The van der Waals surface area contributed by atoms with Gasteiger partial charge in [0.1, 0.15) is 5.69 Å². The quantitative estimate of drug-likeness (QED) is 0.383. The number of piperidine rings is 1. The second-order valence-corrected chi connectivity index (χ2v) is 12.4. The number of furan rings is 1. The molecule has 3 aromatic rings. The van der Waals surface area contributed by atoms with Crippen molar-refractivity contribution in [3.63, 3.8) is 0 Å². The number of aliphatic hydroxyl groups excluding tert-OH is 1. The molecule has 0 bridgehead atoms. The lowest BCUT2D eigenvalue weighted by atomic mass is 9.93. The number of pyridine rings is 1. The number of fused-ring (bicyclic) bond motifs is 1. The van der Waals surface area contributed by atoms with Gasteiger partial charge in [-0.05, 0) is 61.4 Å². The predicted molar refractivity (Wildman–Crippen MR) is 141 cm³/mol. The van der Waals surface area contributed by atoms with Gasteiger partial charge < -0.3 is 24.6 Å². The van der Waals surface area contributed by atoms with Gasteiger partial charge in [-0.25, -0.2) is 26.9 Å². The summed E-state index contributed by atoms with van der Waals surface area (Å²) in [6.07, 6.45) is 5.81. The largest absolute Gasteiger partial charge is 0.460 e. The van der Waals surface area contributed by atoms with Crippen LogP contribution in [0.2, 0.25) is 0 Å². The maximum Gasteiger partial charge on any atom is 0.282 e. The van der Waals surface area contributed by atoms with Crippen LogP contribution < -0.4 is 19.8 Å². The highest BCUT2D eigenvalue weighted by Gasteiger charge is 2.46. The molecule has 1 aromatic carbocycles.